The van der Waals surface area contributed by atoms with Gasteiger partial charge in [0.25, 0.3) is 0 Å². The Labute approximate surface area is 130 Å². The van der Waals surface area contributed by atoms with Crippen molar-refractivity contribution in [2.75, 3.05) is 31.0 Å². The average molecular weight is 352 g/mol. The Hall–Kier alpha value is -0.630. The summed E-state index contributed by atoms with van der Waals surface area (Å²) in [6, 6.07) is 8.15. The lowest BCUT2D eigenvalue weighted by Gasteiger charge is -2.16. The Morgan fingerprint density at radius 3 is 2.19 bits per heavy atom. The summed E-state index contributed by atoms with van der Waals surface area (Å²) >= 11 is 5.88. The molecule has 0 spiro atoms. The van der Waals surface area contributed by atoms with Crippen LogP contribution in [0.1, 0.15) is 0 Å². The van der Waals surface area contributed by atoms with E-state index in [1.165, 1.54) is 16.4 Å². The van der Waals surface area contributed by atoms with Crippen molar-refractivity contribution in [3.05, 3.63) is 30.3 Å². The summed E-state index contributed by atoms with van der Waals surface area (Å²) in [4.78, 5) is 0.221. The highest BCUT2D eigenvalue weighted by molar-refractivity contribution is 7.90. The molecule has 1 heterocycles. The number of nitrogens with zero attached hydrogens (tertiary/aromatic N) is 1. The van der Waals surface area contributed by atoms with Crippen molar-refractivity contribution in [2.45, 2.75) is 4.90 Å². The maximum Gasteiger partial charge on any atom is 0.243 e. The zero-order chi connectivity index (χ0) is 15.7. The zero-order valence-corrected chi connectivity index (χ0v) is 14.0. The number of halogens is 1. The van der Waals surface area contributed by atoms with Gasteiger partial charge in [-0.05, 0) is 24.0 Å². The van der Waals surface area contributed by atoms with E-state index in [4.69, 9.17) is 11.6 Å². The van der Waals surface area contributed by atoms with Crippen LogP contribution in [-0.4, -0.2) is 52.1 Å². The van der Waals surface area contributed by atoms with Crippen LogP contribution in [0.5, 0.6) is 0 Å². The third kappa shape index (κ3) is 3.97. The first kappa shape index (κ1) is 16.7. The first-order valence-corrected chi connectivity index (χ1v) is 10.6. The summed E-state index contributed by atoms with van der Waals surface area (Å²) in [7, 11) is -6.75. The molecule has 0 saturated carbocycles. The van der Waals surface area contributed by atoms with Crippen molar-refractivity contribution in [1.29, 1.82) is 0 Å². The molecule has 1 aromatic carbocycles. The summed E-state index contributed by atoms with van der Waals surface area (Å²) in [5.74, 6) is -0.178. The number of benzene rings is 1. The number of hydrogen-bond acceptors (Lipinski definition) is 4. The quantitative estimate of drug-likeness (QED) is 0.747. The Balaban J connectivity index is 2.23. The van der Waals surface area contributed by atoms with Crippen LogP contribution < -0.4 is 0 Å². The molecule has 0 aromatic heterocycles. The molecule has 2 rings (SSSR count). The van der Waals surface area contributed by atoms with Gasteiger partial charge < -0.3 is 0 Å². The molecular weight excluding hydrogens is 334 g/mol. The summed E-state index contributed by atoms with van der Waals surface area (Å²) in [5.41, 5.74) is 0. The Bertz CT molecular complexity index is 688. The van der Waals surface area contributed by atoms with Gasteiger partial charge in [-0.1, -0.05) is 18.2 Å². The zero-order valence-electron chi connectivity index (χ0n) is 11.6. The SMILES string of the molecule is CS(=O)(=O)C[C@@H]1CN(S(=O)(=O)c2ccccc2)C[C@@H]1CCl. The van der Waals surface area contributed by atoms with Crippen LogP contribution in [0.2, 0.25) is 0 Å². The van der Waals surface area contributed by atoms with Crippen molar-refractivity contribution < 1.29 is 16.8 Å². The maximum atomic E-state index is 12.5. The van der Waals surface area contributed by atoms with E-state index in [0.29, 0.717) is 0 Å². The van der Waals surface area contributed by atoms with E-state index in [1.54, 1.807) is 18.2 Å². The lowest BCUT2D eigenvalue weighted by Crippen LogP contribution is -2.29. The molecule has 1 saturated heterocycles. The highest BCUT2D eigenvalue weighted by Gasteiger charge is 2.40. The van der Waals surface area contributed by atoms with Crippen LogP contribution in [0.4, 0.5) is 0 Å². The Morgan fingerprint density at radius 2 is 1.67 bits per heavy atom. The lowest BCUT2D eigenvalue weighted by atomic mass is 10.0. The molecule has 118 valence electrons. The smallest absolute Gasteiger partial charge is 0.229 e. The second-order valence-corrected chi connectivity index (χ2v) is 9.83. The highest BCUT2D eigenvalue weighted by Crippen LogP contribution is 2.30. The second kappa shape index (κ2) is 6.24. The normalized spacial score (nSPS) is 24.3. The van der Waals surface area contributed by atoms with Crippen molar-refractivity contribution >= 4 is 31.5 Å². The topological polar surface area (TPSA) is 71.5 Å². The molecule has 0 radical (unpaired) electrons. The molecule has 0 N–H and O–H groups in total. The van der Waals surface area contributed by atoms with Gasteiger partial charge >= 0.3 is 0 Å². The lowest BCUT2D eigenvalue weighted by molar-refractivity contribution is 0.463. The molecule has 0 aliphatic carbocycles. The van der Waals surface area contributed by atoms with Crippen molar-refractivity contribution in [3.63, 3.8) is 0 Å². The Morgan fingerprint density at radius 1 is 1.10 bits per heavy atom. The number of rotatable bonds is 5. The van der Waals surface area contributed by atoms with Gasteiger partial charge in [0, 0.05) is 25.2 Å². The monoisotopic (exact) mass is 351 g/mol. The fraction of sp³-hybridized carbons (Fsp3) is 0.538. The van der Waals surface area contributed by atoms with E-state index >= 15 is 0 Å². The van der Waals surface area contributed by atoms with Crippen molar-refractivity contribution in [2.24, 2.45) is 11.8 Å². The van der Waals surface area contributed by atoms with E-state index in [0.717, 1.165) is 6.26 Å². The molecule has 1 aliphatic rings. The molecule has 2 atom stereocenters. The summed E-state index contributed by atoms with van der Waals surface area (Å²) in [6.07, 6.45) is 1.16. The molecular formula is C13H18ClNO4S2. The fourth-order valence-corrected chi connectivity index (χ4v) is 5.67. The summed E-state index contributed by atoms with van der Waals surface area (Å²) in [5, 5.41) is 0. The first-order chi connectivity index (χ1) is 9.74. The van der Waals surface area contributed by atoms with E-state index in [1.807, 2.05) is 0 Å². The van der Waals surface area contributed by atoms with Gasteiger partial charge in [-0.25, -0.2) is 16.8 Å². The molecule has 8 heteroatoms. The predicted molar refractivity (Wildman–Crippen MR) is 82.6 cm³/mol. The molecule has 0 bridgehead atoms. The first-order valence-electron chi connectivity index (χ1n) is 6.53. The number of alkyl halides is 1. The number of sulfone groups is 1. The van der Waals surface area contributed by atoms with Gasteiger partial charge in [0.15, 0.2) is 0 Å². The minimum Gasteiger partial charge on any atom is -0.229 e. The molecule has 1 aliphatic heterocycles. The van der Waals surface area contributed by atoms with Crippen LogP contribution in [0.15, 0.2) is 35.2 Å². The number of hydrogen-bond donors (Lipinski definition) is 0. The second-order valence-electron chi connectivity index (χ2n) is 5.40. The highest BCUT2D eigenvalue weighted by atomic mass is 35.5. The van der Waals surface area contributed by atoms with Crippen LogP contribution in [0.25, 0.3) is 0 Å². The largest absolute Gasteiger partial charge is 0.243 e. The van der Waals surface area contributed by atoms with Gasteiger partial charge in [-0.15, -0.1) is 11.6 Å². The number of sulfonamides is 1. The molecule has 21 heavy (non-hydrogen) atoms. The summed E-state index contributed by atoms with van der Waals surface area (Å²) in [6.45, 7) is 0.461. The van der Waals surface area contributed by atoms with Crippen LogP contribution in [0, 0.1) is 11.8 Å². The average Bonchev–Trinajstić information content (AvgIpc) is 2.81. The van der Waals surface area contributed by atoms with Gasteiger partial charge in [0.05, 0.1) is 10.6 Å². The van der Waals surface area contributed by atoms with E-state index < -0.39 is 19.9 Å². The maximum absolute atomic E-state index is 12.5. The van der Waals surface area contributed by atoms with Gasteiger partial charge in [0.1, 0.15) is 9.84 Å². The summed E-state index contributed by atoms with van der Waals surface area (Å²) < 4.78 is 49.3. The molecule has 1 fully saturated rings. The minimum absolute atomic E-state index is 0.0365. The van der Waals surface area contributed by atoms with Crippen molar-refractivity contribution in [3.8, 4) is 0 Å². The molecule has 1 aromatic rings. The van der Waals surface area contributed by atoms with E-state index in [-0.39, 0.29) is 41.5 Å². The van der Waals surface area contributed by atoms with Crippen LogP contribution >= 0.6 is 11.6 Å². The molecule has 0 amide bonds. The van der Waals surface area contributed by atoms with Gasteiger partial charge in [-0.2, -0.15) is 4.31 Å². The third-order valence-corrected chi connectivity index (χ3v) is 6.91. The van der Waals surface area contributed by atoms with Gasteiger partial charge in [-0.3, -0.25) is 0 Å². The third-order valence-electron chi connectivity index (χ3n) is 3.64. The Kier molecular flexibility index (Phi) is 4.97. The van der Waals surface area contributed by atoms with Gasteiger partial charge in [0.2, 0.25) is 10.0 Å². The van der Waals surface area contributed by atoms with E-state index in [2.05, 4.69) is 0 Å². The standard InChI is InChI=1S/C13H18ClNO4S2/c1-20(16,17)10-12-9-15(8-11(12)7-14)21(18,19)13-5-3-2-4-6-13/h2-6,11-12H,7-10H2,1H3/t11-,12-/m0/s1. The van der Waals surface area contributed by atoms with E-state index in [9.17, 15) is 16.8 Å². The van der Waals surface area contributed by atoms with Crippen LogP contribution in [-0.2, 0) is 19.9 Å². The molecule has 5 nitrogen and oxygen atoms in total. The van der Waals surface area contributed by atoms with Crippen molar-refractivity contribution in [1.82, 2.24) is 4.31 Å². The molecule has 0 unspecified atom stereocenters. The minimum atomic E-state index is -3.59. The predicted octanol–water partition coefficient (Wildman–Crippen LogP) is 1.21. The van der Waals surface area contributed by atoms with Crippen LogP contribution in [0.3, 0.4) is 0 Å². The fourth-order valence-electron chi connectivity index (χ4n) is 2.59.